The van der Waals surface area contributed by atoms with E-state index < -0.39 is 11.9 Å². The predicted octanol–water partition coefficient (Wildman–Crippen LogP) is 6.18. The van der Waals surface area contributed by atoms with Crippen molar-refractivity contribution in [2.75, 3.05) is 7.11 Å². The number of ether oxygens (including phenoxy) is 1. The summed E-state index contributed by atoms with van der Waals surface area (Å²) in [6.45, 7) is 2.15. The minimum atomic E-state index is -0.799. The molecule has 0 aromatic heterocycles. The molecule has 1 amide bonds. The Morgan fingerprint density at radius 3 is 2.29 bits per heavy atom. The Hall–Kier alpha value is -4.12. The Kier molecular flexibility index (Phi) is 6.00. The molecule has 0 bridgehead atoms. The molecule has 176 valence electrons. The fourth-order valence-electron chi connectivity index (χ4n) is 4.99. The maximum Gasteiger partial charge on any atom is 0.306 e. The summed E-state index contributed by atoms with van der Waals surface area (Å²) in [4.78, 5) is 24.8. The Morgan fingerprint density at radius 2 is 1.60 bits per heavy atom. The first kappa shape index (κ1) is 22.7. The van der Waals surface area contributed by atoms with E-state index >= 15 is 0 Å². The SMILES string of the molecule is CC[C@H](Cc1ccc(OC)c(CNC(=O)c2ccc3ccc4cccc5ccc2c3c45)c1)C(=O)O. The molecule has 5 nitrogen and oxygen atoms in total. The first-order valence-electron chi connectivity index (χ1n) is 11.8. The lowest BCUT2D eigenvalue weighted by molar-refractivity contribution is -0.141. The van der Waals surface area contributed by atoms with Crippen molar-refractivity contribution in [3.63, 3.8) is 0 Å². The second-order valence-electron chi connectivity index (χ2n) is 8.95. The number of carbonyl (C=O) groups is 2. The van der Waals surface area contributed by atoms with Gasteiger partial charge in [0.2, 0.25) is 0 Å². The molecule has 1 atom stereocenters. The van der Waals surface area contributed by atoms with Crippen LogP contribution < -0.4 is 10.1 Å². The zero-order valence-corrected chi connectivity index (χ0v) is 19.8. The van der Waals surface area contributed by atoms with Crippen molar-refractivity contribution in [2.24, 2.45) is 5.92 Å². The average Bonchev–Trinajstić information content (AvgIpc) is 2.88. The molecule has 35 heavy (non-hydrogen) atoms. The fraction of sp³-hybridized carbons (Fsp3) is 0.200. The number of rotatable bonds is 8. The highest BCUT2D eigenvalue weighted by atomic mass is 16.5. The lowest BCUT2D eigenvalue weighted by atomic mass is 9.92. The van der Waals surface area contributed by atoms with Gasteiger partial charge in [-0.25, -0.2) is 0 Å². The van der Waals surface area contributed by atoms with Crippen LogP contribution in [-0.4, -0.2) is 24.1 Å². The average molecular weight is 466 g/mol. The van der Waals surface area contributed by atoms with Gasteiger partial charge in [0.1, 0.15) is 5.75 Å². The van der Waals surface area contributed by atoms with Gasteiger partial charge in [0.25, 0.3) is 5.91 Å². The maximum absolute atomic E-state index is 13.3. The molecule has 0 aliphatic heterocycles. The molecule has 0 saturated carbocycles. The lowest BCUT2D eigenvalue weighted by Gasteiger charge is -2.16. The van der Waals surface area contributed by atoms with Crippen molar-refractivity contribution in [1.29, 1.82) is 0 Å². The molecule has 5 rings (SSSR count). The molecule has 0 heterocycles. The minimum absolute atomic E-state index is 0.160. The maximum atomic E-state index is 13.3. The predicted molar refractivity (Wildman–Crippen MR) is 139 cm³/mol. The van der Waals surface area contributed by atoms with E-state index in [1.165, 1.54) is 5.39 Å². The molecule has 5 heteroatoms. The number of carbonyl (C=O) groups excluding carboxylic acids is 1. The molecule has 0 fully saturated rings. The third-order valence-corrected chi connectivity index (χ3v) is 6.88. The van der Waals surface area contributed by atoms with E-state index in [9.17, 15) is 14.7 Å². The standard InChI is InChI=1S/C30H27NO4/c1-3-19(30(33)34)15-18-7-14-26(35-2)23(16-18)17-31-29(32)25-13-11-22-9-8-20-5-4-6-21-10-12-24(25)28(22)27(20)21/h4-14,16,19H,3,15,17H2,1-2H3,(H,31,32)(H,33,34)/t19-/m1/s1. The van der Waals surface area contributed by atoms with Gasteiger partial charge in [-0.1, -0.05) is 67.6 Å². The van der Waals surface area contributed by atoms with Crippen molar-refractivity contribution in [3.05, 3.63) is 89.5 Å². The minimum Gasteiger partial charge on any atom is -0.496 e. The molecule has 0 radical (unpaired) electrons. The number of aliphatic carboxylic acids is 1. The summed E-state index contributed by atoms with van der Waals surface area (Å²) in [5.74, 6) is -0.740. The number of hydrogen-bond donors (Lipinski definition) is 2. The highest BCUT2D eigenvalue weighted by Crippen LogP contribution is 2.36. The summed E-state index contributed by atoms with van der Waals surface area (Å²) in [6.07, 6.45) is 0.994. The summed E-state index contributed by atoms with van der Waals surface area (Å²) in [5, 5.41) is 19.1. The number of nitrogens with one attached hydrogen (secondary N) is 1. The molecule has 5 aromatic rings. The first-order valence-corrected chi connectivity index (χ1v) is 11.8. The monoisotopic (exact) mass is 465 g/mol. The van der Waals surface area contributed by atoms with E-state index in [1.807, 2.05) is 43.3 Å². The Labute approximate surface area is 203 Å². The van der Waals surface area contributed by atoms with Gasteiger partial charge in [-0.2, -0.15) is 0 Å². The number of benzene rings is 5. The van der Waals surface area contributed by atoms with Gasteiger partial charge < -0.3 is 15.2 Å². The summed E-state index contributed by atoms with van der Waals surface area (Å²) in [7, 11) is 1.59. The number of carboxylic acids is 1. The van der Waals surface area contributed by atoms with Gasteiger partial charge >= 0.3 is 5.97 Å². The van der Waals surface area contributed by atoms with Crippen molar-refractivity contribution < 1.29 is 19.4 Å². The van der Waals surface area contributed by atoms with Crippen LogP contribution in [0.1, 0.15) is 34.8 Å². The second-order valence-corrected chi connectivity index (χ2v) is 8.95. The highest BCUT2D eigenvalue weighted by Gasteiger charge is 2.18. The number of amides is 1. The van der Waals surface area contributed by atoms with Crippen molar-refractivity contribution in [1.82, 2.24) is 5.32 Å². The van der Waals surface area contributed by atoms with E-state index in [0.717, 1.165) is 38.1 Å². The van der Waals surface area contributed by atoms with Gasteiger partial charge in [-0.3, -0.25) is 9.59 Å². The van der Waals surface area contributed by atoms with Crippen LogP contribution in [0.25, 0.3) is 32.3 Å². The normalized spacial score (nSPS) is 12.3. The molecule has 2 N–H and O–H groups in total. The highest BCUT2D eigenvalue weighted by molar-refractivity contribution is 6.26. The van der Waals surface area contributed by atoms with Crippen LogP contribution in [-0.2, 0) is 17.8 Å². The molecule has 0 aliphatic rings. The molecule has 0 spiro atoms. The summed E-state index contributed by atoms with van der Waals surface area (Å²) >= 11 is 0. The van der Waals surface area contributed by atoms with Crippen LogP contribution in [0.15, 0.2) is 72.8 Å². The summed E-state index contributed by atoms with van der Waals surface area (Å²) in [5.41, 5.74) is 2.35. The van der Waals surface area contributed by atoms with Crippen molar-refractivity contribution >= 4 is 44.2 Å². The van der Waals surface area contributed by atoms with Crippen molar-refractivity contribution in [3.8, 4) is 5.75 Å². The number of carboxylic acid groups (broad SMARTS) is 1. The van der Waals surface area contributed by atoms with E-state index in [1.54, 1.807) is 7.11 Å². The topological polar surface area (TPSA) is 75.6 Å². The molecule has 0 aliphatic carbocycles. The number of hydrogen-bond acceptors (Lipinski definition) is 3. The summed E-state index contributed by atoms with van der Waals surface area (Å²) < 4.78 is 5.50. The quantitative estimate of drug-likeness (QED) is 0.269. The van der Waals surface area contributed by atoms with Gasteiger partial charge in [0.05, 0.1) is 13.0 Å². The van der Waals surface area contributed by atoms with Crippen LogP contribution in [0.3, 0.4) is 0 Å². The largest absolute Gasteiger partial charge is 0.496 e. The van der Waals surface area contributed by atoms with E-state index in [0.29, 0.717) is 24.2 Å². The third kappa shape index (κ3) is 4.14. The van der Waals surface area contributed by atoms with E-state index in [-0.39, 0.29) is 12.5 Å². The van der Waals surface area contributed by atoms with E-state index in [2.05, 4.69) is 41.7 Å². The van der Waals surface area contributed by atoms with Gasteiger partial charge in [-0.05, 0) is 62.9 Å². The second kappa shape index (κ2) is 9.26. The smallest absolute Gasteiger partial charge is 0.306 e. The summed E-state index contributed by atoms with van der Waals surface area (Å²) in [6, 6.07) is 24.1. The lowest BCUT2D eigenvalue weighted by Crippen LogP contribution is -2.23. The Bertz CT molecular complexity index is 1540. The number of methoxy groups -OCH3 is 1. The third-order valence-electron chi connectivity index (χ3n) is 6.88. The van der Waals surface area contributed by atoms with Crippen LogP contribution in [0.5, 0.6) is 5.75 Å². The first-order chi connectivity index (χ1) is 17.0. The van der Waals surface area contributed by atoms with E-state index in [4.69, 9.17) is 4.74 Å². The van der Waals surface area contributed by atoms with Crippen LogP contribution in [0.4, 0.5) is 0 Å². The Morgan fingerprint density at radius 1 is 0.914 bits per heavy atom. The zero-order valence-electron chi connectivity index (χ0n) is 19.8. The van der Waals surface area contributed by atoms with Gasteiger partial charge in [0, 0.05) is 17.7 Å². The fourth-order valence-corrected chi connectivity index (χ4v) is 4.99. The van der Waals surface area contributed by atoms with Crippen LogP contribution in [0, 0.1) is 5.92 Å². The van der Waals surface area contributed by atoms with Crippen LogP contribution in [0.2, 0.25) is 0 Å². The zero-order chi connectivity index (χ0) is 24.5. The van der Waals surface area contributed by atoms with Crippen molar-refractivity contribution in [2.45, 2.75) is 26.3 Å². The Balaban J connectivity index is 1.45. The molecule has 5 aromatic carbocycles. The van der Waals surface area contributed by atoms with Gasteiger partial charge in [-0.15, -0.1) is 0 Å². The van der Waals surface area contributed by atoms with Gasteiger partial charge in [0.15, 0.2) is 0 Å². The molecule has 0 saturated heterocycles. The molecule has 0 unspecified atom stereocenters. The molecular formula is C30H27NO4. The van der Waals surface area contributed by atoms with Crippen LogP contribution >= 0.6 is 0 Å². The molecular weight excluding hydrogens is 438 g/mol.